The van der Waals surface area contributed by atoms with Gasteiger partial charge in [0.2, 0.25) is 10.0 Å². The molecule has 2 N–H and O–H groups in total. The van der Waals surface area contributed by atoms with Crippen molar-refractivity contribution in [2.24, 2.45) is 22.9 Å². The van der Waals surface area contributed by atoms with Crippen molar-refractivity contribution < 1.29 is 13.2 Å². The fourth-order valence-electron chi connectivity index (χ4n) is 5.04. The van der Waals surface area contributed by atoms with Crippen molar-refractivity contribution in [3.8, 4) is 0 Å². The molecule has 3 rings (SSSR count). The summed E-state index contributed by atoms with van der Waals surface area (Å²) in [4.78, 5) is 2.57. The minimum atomic E-state index is -3.53. The smallest absolute Gasteiger partial charge is 0.213 e. The number of methoxy groups -OCH3 is 1. The zero-order valence-corrected chi connectivity index (χ0v) is 16.3. The second kappa shape index (κ2) is 6.99. The van der Waals surface area contributed by atoms with E-state index < -0.39 is 10.0 Å². The zero-order valence-electron chi connectivity index (χ0n) is 15.4. The molecule has 1 saturated heterocycles. The second-order valence-corrected chi connectivity index (χ2v) is 9.70. The van der Waals surface area contributed by atoms with E-state index in [-0.39, 0.29) is 11.4 Å². The van der Waals surface area contributed by atoms with Gasteiger partial charge in [0.05, 0.1) is 5.75 Å². The van der Waals surface area contributed by atoms with E-state index in [0.29, 0.717) is 17.8 Å². The number of fused-ring (bicyclic) bond motifs is 2. The molecule has 0 aromatic heterocycles. The molecule has 1 aromatic rings. The number of rotatable bonds is 6. The Labute approximate surface area is 151 Å². The molecule has 25 heavy (non-hydrogen) atoms. The quantitative estimate of drug-likeness (QED) is 0.838. The van der Waals surface area contributed by atoms with Crippen molar-refractivity contribution in [1.29, 1.82) is 0 Å². The van der Waals surface area contributed by atoms with Crippen LogP contribution in [-0.4, -0.2) is 40.1 Å². The molecule has 5 nitrogen and oxygen atoms in total. The molecule has 1 aliphatic carbocycles. The Morgan fingerprint density at radius 2 is 1.92 bits per heavy atom. The van der Waals surface area contributed by atoms with Gasteiger partial charge in [0.1, 0.15) is 5.60 Å². The molecule has 0 amide bonds. The number of hydrogen-bond donors (Lipinski definition) is 1. The van der Waals surface area contributed by atoms with Crippen molar-refractivity contribution in [3.05, 3.63) is 35.4 Å². The molecule has 6 heteroatoms. The van der Waals surface area contributed by atoms with E-state index in [1.165, 1.54) is 0 Å². The average Bonchev–Trinajstić information content (AvgIpc) is 2.69. The van der Waals surface area contributed by atoms with E-state index in [9.17, 15) is 8.42 Å². The van der Waals surface area contributed by atoms with Gasteiger partial charge in [-0.2, -0.15) is 0 Å². The summed E-state index contributed by atoms with van der Waals surface area (Å²) < 4.78 is 29.1. The number of sulfonamides is 1. The first kappa shape index (κ1) is 18.8. The molecule has 2 atom stereocenters. The first-order chi connectivity index (χ1) is 11.7. The summed E-state index contributed by atoms with van der Waals surface area (Å²) in [6.45, 7) is 7.73. The number of piperidine rings is 1. The first-order valence-electron chi connectivity index (χ1n) is 9.12. The Bertz CT molecular complexity index is 703. The molecule has 1 heterocycles. The summed E-state index contributed by atoms with van der Waals surface area (Å²) in [6.07, 6.45) is 2.32. The maximum atomic E-state index is 11.5. The maximum Gasteiger partial charge on any atom is 0.213 e. The van der Waals surface area contributed by atoms with Crippen molar-refractivity contribution in [1.82, 2.24) is 4.90 Å². The van der Waals surface area contributed by atoms with Crippen LogP contribution in [0.15, 0.2) is 24.3 Å². The summed E-state index contributed by atoms with van der Waals surface area (Å²) in [5, 5.41) is 5.23. The van der Waals surface area contributed by atoms with Crippen molar-refractivity contribution in [2.75, 3.05) is 26.7 Å². The molecule has 2 aliphatic rings. The first-order valence-corrected chi connectivity index (χ1v) is 10.8. The third kappa shape index (κ3) is 3.77. The van der Waals surface area contributed by atoms with Crippen LogP contribution in [0.25, 0.3) is 0 Å². The summed E-state index contributed by atoms with van der Waals surface area (Å²) in [5.74, 6) is 1.42. The lowest BCUT2D eigenvalue weighted by Gasteiger charge is -2.47. The van der Waals surface area contributed by atoms with Gasteiger partial charge in [-0.1, -0.05) is 38.1 Å². The monoisotopic (exact) mass is 366 g/mol. The van der Waals surface area contributed by atoms with E-state index >= 15 is 0 Å². The van der Waals surface area contributed by atoms with Crippen LogP contribution in [0.3, 0.4) is 0 Å². The van der Waals surface area contributed by atoms with Gasteiger partial charge in [-0.15, -0.1) is 0 Å². The highest BCUT2D eigenvalue weighted by Gasteiger charge is 2.55. The Morgan fingerprint density at radius 3 is 2.44 bits per heavy atom. The van der Waals surface area contributed by atoms with Crippen LogP contribution in [0, 0.1) is 17.8 Å². The lowest BCUT2D eigenvalue weighted by molar-refractivity contribution is -0.120. The van der Waals surface area contributed by atoms with Gasteiger partial charge in [-0.25, -0.2) is 13.6 Å². The van der Waals surface area contributed by atoms with E-state index in [2.05, 4.69) is 24.8 Å². The Hall–Kier alpha value is -0.950. The van der Waals surface area contributed by atoms with Crippen LogP contribution < -0.4 is 5.14 Å². The SMILES string of the molecule is COC1(c2cccc(CS(N)(=O)=O)c2)C2CCC1CN(CC(C)C)C2. The van der Waals surface area contributed by atoms with E-state index in [1.807, 2.05) is 18.2 Å². The minimum Gasteiger partial charge on any atom is -0.373 e. The lowest BCUT2D eigenvalue weighted by atomic mass is 9.74. The summed E-state index contributed by atoms with van der Waals surface area (Å²) >= 11 is 0. The summed E-state index contributed by atoms with van der Waals surface area (Å²) in [5.41, 5.74) is 1.54. The van der Waals surface area contributed by atoms with Crippen molar-refractivity contribution >= 4 is 10.0 Å². The second-order valence-electron chi connectivity index (χ2n) is 8.09. The maximum absolute atomic E-state index is 11.5. The number of nitrogens with zero attached hydrogens (tertiary/aromatic N) is 1. The van der Waals surface area contributed by atoms with Gasteiger partial charge in [-0.05, 0) is 29.9 Å². The Morgan fingerprint density at radius 1 is 1.28 bits per heavy atom. The molecule has 2 bridgehead atoms. The van der Waals surface area contributed by atoms with Crippen LogP contribution in [0.5, 0.6) is 0 Å². The van der Waals surface area contributed by atoms with Gasteiger partial charge in [0.15, 0.2) is 0 Å². The van der Waals surface area contributed by atoms with Crippen LogP contribution in [-0.2, 0) is 26.1 Å². The average molecular weight is 367 g/mol. The summed E-state index contributed by atoms with van der Waals surface area (Å²) in [7, 11) is -1.73. The molecule has 2 fully saturated rings. The van der Waals surface area contributed by atoms with Gasteiger partial charge in [0.25, 0.3) is 0 Å². The number of ether oxygens (including phenoxy) is 1. The normalized spacial score (nSPS) is 30.1. The van der Waals surface area contributed by atoms with E-state index in [0.717, 1.165) is 43.6 Å². The molecule has 0 radical (unpaired) electrons. The highest BCUT2D eigenvalue weighted by Crippen LogP contribution is 2.53. The zero-order chi connectivity index (χ0) is 18.2. The highest BCUT2D eigenvalue weighted by molar-refractivity contribution is 7.88. The largest absolute Gasteiger partial charge is 0.373 e. The van der Waals surface area contributed by atoms with Gasteiger partial charge in [-0.3, -0.25) is 0 Å². The van der Waals surface area contributed by atoms with Crippen molar-refractivity contribution in [3.63, 3.8) is 0 Å². The molecule has 1 aliphatic heterocycles. The van der Waals surface area contributed by atoms with Gasteiger partial charge >= 0.3 is 0 Å². The lowest BCUT2D eigenvalue weighted by Crippen LogP contribution is -2.53. The number of likely N-dealkylation sites (tertiary alicyclic amines) is 1. The number of benzene rings is 1. The number of primary sulfonamides is 1. The summed E-state index contributed by atoms with van der Waals surface area (Å²) in [6, 6.07) is 7.82. The fourth-order valence-corrected chi connectivity index (χ4v) is 5.68. The van der Waals surface area contributed by atoms with E-state index in [4.69, 9.17) is 9.88 Å². The predicted molar refractivity (Wildman–Crippen MR) is 99.4 cm³/mol. The predicted octanol–water partition coefficient (Wildman–Crippen LogP) is 2.31. The van der Waals surface area contributed by atoms with Crippen LogP contribution in [0.2, 0.25) is 0 Å². The van der Waals surface area contributed by atoms with E-state index in [1.54, 1.807) is 7.11 Å². The topological polar surface area (TPSA) is 72.6 Å². The third-order valence-corrected chi connectivity index (χ3v) is 6.48. The van der Waals surface area contributed by atoms with Gasteiger partial charge in [0, 0.05) is 38.6 Å². The number of hydrogen-bond acceptors (Lipinski definition) is 4. The molecule has 1 saturated carbocycles. The number of nitrogens with two attached hydrogens (primary N) is 1. The Kier molecular flexibility index (Phi) is 5.26. The molecular formula is C19H30N2O3S. The molecule has 0 spiro atoms. The highest BCUT2D eigenvalue weighted by atomic mass is 32.2. The standard InChI is InChI=1S/C19H30N2O3S/c1-14(2)10-21-11-17-7-8-18(12-21)19(17,24-3)16-6-4-5-15(9-16)13-25(20,22)23/h4-6,9,14,17-18H,7-8,10-13H2,1-3H3,(H2,20,22,23). The fraction of sp³-hybridized carbons (Fsp3) is 0.684. The third-order valence-electron chi connectivity index (χ3n) is 5.74. The van der Waals surface area contributed by atoms with Gasteiger partial charge < -0.3 is 9.64 Å². The Balaban J connectivity index is 1.91. The molecule has 2 unspecified atom stereocenters. The molecule has 140 valence electrons. The molecule has 1 aromatic carbocycles. The van der Waals surface area contributed by atoms with Crippen LogP contribution >= 0.6 is 0 Å². The van der Waals surface area contributed by atoms with Crippen molar-refractivity contribution in [2.45, 2.75) is 38.0 Å². The van der Waals surface area contributed by atoms with Crippen LogP contribution in [0.4, 0.5) is 0 Å². The van der Waals surface area contributed by atoms with Crippen LogP contribution in [0.1, 0.15) is 37.8 Å². The molecular weight excluding hydrogens is 336 g/mol. The minimum absolute atomic E-state index is 0.130.